The average Bonchev–Trinajstić information content (AvgIpc) is 3.36. The molecule has 0 spiro atoms. The van der Waals surface area contributed by atoms with E-state index in [0.29, 0.717) is 12.4 Å². The number of aliphatic imine (C=N–C) groups is 1. The van der Waals surface area contributed by atoms with Crippen molar-refractivity contribution in [2.45, 2.75) is 31.2 Å². The van der Waals surface area contributed by atoms with Crippen molar-refractivity contribution in [3.8, 4) is 0 Å². The van der Waals surface area contributed by atoms with Gasteiger partial charge in [0.1, 0.15) is 5.54 Å². The quantitative estimate of drug-likeness (QED) is 0.362. The van der Waals surface area contributed by atoms with Crippen molar-refractivity contribution in [1.29, 1.82) is 0 Å². The second kappa shape index (κ2) is 9.41. The van der Waals surface area contributed by atoms with Crippen LogP contribution in [0.3, 0.4) is 0 Å². The molecule has 0 saturated heterocycles. The van der Waals surface area contributed by atoms with Crippen molar-refractivity contribution in [2.24, 2.45) is 4.99 Å². The monoisotopic (exact) mass is 436 g/mol. The van der Waals surface area contributed by atoms with Crippen molar-refractivity contribution in [2.75, 3.05) is 13.1 Å². The first-order valence-corrected chi connectivity index (χ1v) is 11.6. The SMILES string of the molecule is CCCc1noc(C2CN=CN(C(c3ccccc3)(c3ccccc3)c3ccccc3)C2)n1. The lowest BCUT2D eigenvalue weighted by Crippen LogP contribution is -2.50. The average molecular weight is 437 g/mol. The number of aryl methyl sites for hydroxylation is 1. The van der Waals surface area contributed by atoms with E-state index >= 15 is 0 Å². The van der Waals surface area contributed by atoms with Crippen LogP contribution in [-0.2, 0) is 12.0 Å². The van der Waals surface area contributed by atoms with Crippen LogP contribution in [0.25, 0.3) is 0 Å². The minimum atomic E-state index is -0.543. The molecule has 0 radical (unpaired) electrons. The molecule has 0 fully saturated rings. The lowest BCUT2D eigenvalue weighted by Gasteiger charge is -2.46. The van der Waals surface area contributed by atoms with Crippen LogP contribution in [-0.4, -0.2) is 34.5 Å². The maximum absolute atomic E-state index is 5.67. The molecule has 1 atom stereocenters. The van der Waals surface area contributed by atoms with Gasteiger partial charge < -0.3 is 9.42 Å². The number of nitrogens with zero attached hydrogens (tertiary/aromatic N) is 4. The summed E-state index contributed by atoms with van der Waals surface area (Å²) >= 11 is 0. The zero-order valence-corrected chi connectivity index (χ0v) is 18.8. The van der Waals surface area contributed by atoms with E-state index in [0.717, 1.165) is 25.2 Å². The van der Waals surface area contributed by atoms with Gasteiger partial charge in [0.2, 0.25) is 5.89 Å². The fourth-order valence-corrected chi connectivity index (χ4v) is 4.79. The molecular weight excluding hydrogens is 408 g/mol. The van der Waals surface area contributed by atoms with Crippen molar-refractivity contribution in [3.05, 3.63) is 119 Å². The second-order valence-corrected chi connectivity index (χ2v) is 8.44. The van der Waals surface area contributed by atoms with E-state index in [1.807, 2.05) is 6.34 Å². The highest BCUT2D eigenvalue weighted by molar-refractivity contribution is 5.64. The van der Waals surface area contributed by atoms with Crippen LogP contribution in [0, 0.1) is 0 Å². The van der Waals surface area contributed by atoms with Gasteiger partial charge in [-0.1, -0.05) is 103 Å². The number of rotatable bonds is 7. The predicted molar refractivity (Wildman–Crippen MR) is 130 cm³/mol. The Labute approximate surface area is 194 Å². The van der Waals surface area contributed by atoms with E-state index in [1.165, 1.54) is 16.7 Å². The zero-order valence-electron chi connectivity index (χ0n) is 18.8. The number of aromatic nitrogens is 2. The molecule has 0 amide bonds. The standard InChI is InChI=1S/C28H28N4O/c1-2-12-26-30-27(33-31-26)22-19-29-21-32(20-22)28(23-13-6-3-7-14-23,24-15-8-4-9-16-24)25-17-10-5-11-18-25/h3-11,13-18,21-22H,2,12,19-20H2,1H3. The molecule has 166 valence electrons. The Kier molecular flexibility index (Phi) is 6.03. The topological polar surface area (TPSA) is 54.5 Å². The molecule has 0 saturated carbocycles. The van der Waals surface area contributed by atoms with Crippen LogP contribution in [0.4, 0.5) is 0 Å². The minimum Gasteiger partial charge on any atom is -0.344 e. The number of hydrogen-bond donors (Lipinski definition) is 0. The van der Waals surface area contributed by atoms with Crippen LogP contribution in [0.2, 0.25) is 0 Å². The van der Waals surface area contributed by atoms with Crippen LogP contribution in [0.5, 0.6) is 0 Å². The summed E-state index contributed by atoms with van der Waals surface area (Å²) in [5.74, 6) is 1.47. The molecule has 0 N–H and O–H groups in total. The third-order valence-corrected chi connectivity index (χ3v) is 6.28. The van der Waals surface area contributed by atoms with Crippen LogP contribution >= 0.6 is 0 Å². The van der Waals surface area contributed by atoms with Crippen molar-refractivity contribution >= 4 is 6.34 Å². The molecule has 5 rings (SSSR count). The molecule has 5 nitrogen and oxygen atoms in total. The smallest absolute Gasteiger partial charge is 0.233 e. The summed E-state index contributed by atoms with van der Waals surface area (Å²) in [6.45, 7) is 3.48. The Morgan fingerprint density at radius 1 is 0.848 bits per heavy atom. The van der Waals surface area contributed by atoms with E-state index in [9.17, 15) is 0 Å². The van der Waals surface area contributed by atoms with Gasteiger partial charge in [0.15, 0.2) is 5.82 Å². The summed E-state index contributed by atoms with van der Waals surface area (Å²) in [6.07, 6.45) is 3.81. The predicted octanol–water partition coefficient (Wildman–Crippen LogP) is 5.44. The van der Waals surface area contributed by atoms with Crippen molar-refractivity contribution in [1.82, 2.24) is 15.0 Å². The number of hydrogen-bond acceptors (Lipinski definition) is 5. The van der Waals surface area contributed by atoms with Crippen LogP contribution in [0.1, 0.15) is 47.7 Å². The van der Waals surface area contributed by atoms with Crippen LogP contribution < -0.4 is 0 Å². The Morgan fingerprint density at radius 2 is 1.39 bits per heavy atom. The second-order valence-electron chi connectivity index (χ2n) is 8.44. The molecule has 5 heteroatoms. The van der Waals surface area contributed by atoms with Gasteiger partial charge in [-0.2, -0.15) is 4.98 Å². The summed E-state index contributed by atoms with van der Waals surface area (Å²) in [4.78, 5) is 11.8. The Balaban J connectivity index is 1.65. The highest BCUT2D eigenvalue weighted by Gasteiger charge is 2.43. The van der Waals surface area contributed by atoms with Gasteiger partial charge in [-0.25, -0.2) is 0 Å². The molecule has 1 aliphatic heterocycles. The van der Waals surface area contributed by atoms with Gasteiger partial charge in [-0.05, 0) is 23.1 Å². The van der Waals surface area contributed by atoms with Gasteiger partial charge in [0, 0.05) is 13.0 Å². The van der Waals surface area contributed by atoms with E-state index in [2.05, 4.69) is 113 Å². The minimum absolute atomic E-state index is 0.0311. The molecule has 4 aromatic rings. The summed E-state index contributed by atoms with van der Waals surface area (Å²) in [7, 11) is 0. The fourth-order valence-electron chi connectivity index (χ4n) is 4.79. The molecule has 1 unspecified atom stereocenters. The van der Waals surface area contributed by atoms with Crippen molar-refractivity contribution < 1.29 is 4.52 Å². The normalized spacial score (nSPS) is 16.2. The van der Waals surface area contributed by atoms with Crippen molar-refractivity contribution in [3.63, 3.8) is 0 Å². The maximum atomic E-state index is 5.67. The highest BCUT2D eigenvalue weighted by Crippen LogP contribution is 2.43. The first kappa shape index (κ1) is 21.1. The lowest BCUT2D eigenvalue weighted by atomic mass is 9.75. The summed E-state index contributed by atoms with van der Waals surface area (Å²) < 4.78 is 5.67. The molecule has 2 heterocycles. The first-order chi connectivity index (χ1) is 16.3. The largest absolute Gasteiger partial charge is 0.344 e. The summed E-state index contributed by atoms with van der Waals surface area (Å²) in [6, 6.07) is 32.0. The van der Waals surface area contributed by atoms with E-state index < -0.39 is 5.54 Å². The third-order valence-electron chi connectivity index (χ3n) is 6.28. The first-order valence-electron chi connectivity index (χ1n) is 11.6. The Bertz CT molecular complexity index is 1090. The molecule has 3 aromatic carbocycles. The van der Waals surface area contributed by atoms with E-state index in [1.54, 1.807) is 0 Å². The zero-order chi connectivity index (χ0) is 22.5. The summed E-state index contributed by atoms with van der Waals surface area (Å²) in [5, 5.41) is 4.19. The maximum Gasteiger partial charge on any atom is 0.233 e. The Hall–Kier alpha value is -3.73. The highest BCUT2D eigenvalue weighted by atomic mass is 16.5. The molecule has 0 aliphatic carbocycles. The van der Waals surface area contributed by atoms with E-state index in [-0.39, 0.29) is 5.92 Å². The summed E-state index contributed by atoms with van der Waals surface area (Å²) in [5.41, 5.74) is 3.02. The molecule has 1 aromatic heterocycles. The lowest BCUT2D eigenvalue weighted by molar-refractivity contribution is 0.228. The molecule has 0 bridgehead atoms. The van der Waals surface area contributed by atoms with E-state index in [4.69, 9.17) is 9.52 Å². The van der Waals surface area contributed by atoms with Gasteiger partial charge in [0.05, 0.1) is 18.8 Å². The van der Waals surface area contributed by atoms with Gasteiger partial charge in [-0.3, -0.25) is 4.99 Å². The Morgan fingerprint density at radius 3 is 1.91 bits per heavy atom. The van der Waals surface area contributed by atoms with Gasteiger partial charge in [0.25, 0.3) is 0 Å². The molecule has 33 heavy (non-hydrogen) atoms. The van der Waals surface area contributed by atoms with Gasteiger partial charge >= 0.3 is 0 Å². The third kappa shape index (κ3) is 3.95. The molecular formula is C28H28N4O. The fraction of sp³-hybridized carbons (Fsp3) is 0.250. The molecule has 1 aliphatic rings. The van der Waals surface area contributed by atoms with Gasteiger partial charge in [-0.15, -0.1) is 0 Å². The number of benzene rings is 3. The van der Waals surface area contributed by atoms with Crippen LogP contribution in [0.15, 0.2) is 101 Å².